The standard InChI is InChI=1S/C15H23BN2O2.C12H16BNO2.C11H12BNO4.C11H14BNO3.BFH3/c1-12(2)9-17-10-15(19)14(18-11-16-20)8-13-6-4-3-5-7-13;1-2-12(15)11(14-9-13-16)8-10-6-4-3-5-7-10;14-10(11(15)16)9(13-7-12-17)6-8-4-2-1-3-5-8;14-7-11(15)10(13-8-12-16)6-9-4-2-1-3-5-9;1-2/h3-7,11-12,14-15,17,19H,8-10H2,1-2H3;3-7,9,11-12,15H,2,8H2,1H3;1-5,7,9-10,14H,6H2,(H,15,16);1-5,8,10-11,14-15H,6-7H2;1H3/q;;;;-1/t14-,15?;11-,12?;9-,10?;10-,11?;/m0000./s1. The Kier molecular flexibility index (Phi) is 39.6. The maximum absolute atomic E-state index is 10.7. The third-order valence-electron chi connectivity index (χ3n) is 9.97. The van der Waals surface area contributed by atoms with Crippen LogP contribution in [0.2, 0.25) is 0 Å². The average Bonchev–Trinajstić information content (AvgIpc) is 3.40. The van der Waals surface area contributed by atoms with Crippen LogP contribution in [-0.4, -0.2) is 166 Å². The molecule has 4 unspecified atom stereocenters. The van der Waals surface area contributed by atoms with E-state index in [9.17, 15) is 48.4 Å². The van der Waals surface area contributed by atoms with E-state index in [4.69, 9.17) is 10.2 Å². The number of nitrogens with zero attached hydrogens (tertiary/aromatic N) is 4. The Hall–Kier alpha value is -5.76. The topological polar surface area (TPSA) is 268 Å². The molecule has 71 heavy (non-hydrogen) atoms. The monoisotopic (exact) mass is 977 g/mol. The van der Waals surface area contributed by atoms with E-state index in [1.807, 2.05) is 116 Å². The fourth-order valence-corrected chi connectivity index (χ4v) is 6.33. The molecule has 4 aromatic rings. The molecule has 16 nitrogen and oxygen atoms in total. The van der Waals surface area contributed by atoms with Crippen LogP contribution < -0.4 is 5.32 Å². The van der Waals surface area contributed by atoms with E-state index < -0.39 is 50.6 Å². The third-order valence-corrected chi connectivity index (χ3v) is 9.97. The number of carboxylic acid groups (broad SMARTS) is 1. The molecule has 0 radical (unpaired) electrons. The van der Waals surface area contributed by atoms with Crippen LogP contribution in [0, 0.1) is 5.92 Å². The molecule has 0 amide bonds. The van der Waals surface area contributed by atoms with Crippen LogP contribution in [0.4, 0.5) is 4.32 Å². The number of carbonyl (C=O) groups is 1. The Bertz CT molecular complexity index is 2040. The van der Waals surface area contributed by atoms with Crippen LogP contribution in [0.25, 0.3) is 0 Å². The van der Waals surface area contributed by atoms with Crippen molar-refractivity contribution in [1.82, 2.24) is 5.32 Å². The summed E-state index contributed by atoms with van der Waals surface area (Å²) in [4.78, 5) is 26.5. The van der Waals surface area contributed by atoms with Crippen LogP contribution in [0.5, 0.6) is 0 Å². The summed E-state index contributed by atoms with van der Waals surface area (Å²) < 4.78 is 50.8. The van der Waals surface area contributed by atoms with E-state index in [1.165, 1.54) is 12.2 Å². The number of carboxylic acids is 1. The van der Waals surface area contributed by atoms with Gasteiger partial charge in [-0.25, -0.2) is 0 Å². The van der Waals surface area contributed by atoms with Crippen LogP contribution >= 0.6 is 0 Å². The van der Waals surface area contributed by atoms with Gasteiger partial charge >= 0.3 is 409 Å². The van der Waals surface area contributed by atoms with Gasteiger partial charge in [-0.3, -0.25) is 0 Å². The first-order chi connectivity index (χ1) is 34.3. The van der Waals surface area contributed by atoms with Crippen molar-refractivity contribution in [3.05, 3.63) is 144 Å². The molecule has 4 aromatic carbocycles. The van der Waals surface area contributed by atoms with Gasteiger partial charge in [0, 0.05) is 0 Å². The number of nitrogens with one attached hydrogen (secondary N) is 1. The summed E-state index contributed by atoms with van der Waals surface area (Å²) in [6.45, 7) is 7.10. The fraction of sp³-hybridized carbons (Fsp3) is 0.408. The number of benzene rings is 4. The van der Waals surface area contributed by atoms with Crippen LogP contribution in [0.15, 0.2) is 141 Å². The van der Waals surface area contributed by atoms with Crippen molar-refractivity contribution < 1.29 is 58.6 Å². The second kappa shape index (κ2) is 43.1. The molecular weight excluding hydrogens is 908 g/mol. The molecule has 0 saturated heterocycles. The molecule has 8 atom stereocenters. The van der Waals surface area contributed by atoms with Gasteiger partial charge in [-0.15, -0.1) is 0 Å². The Morgan fingerprint density at radius 1 is 0.535 bits per heavy atom. The molecular formula is C49H68B5FN5O11-. The molecule has 0 saturated carbocycles. The maximum Gasteiger partial charge on any atom is 0.114 e. The summed E-state index contributed by atoms with van der Waals surface area (Å²) in [7, 11) is 1.54. The van der Waals surface area contributed by atoms with Crippen molar-refractivity contribution in [3.63, 3.8) is 0 Å². The molecule has 0 aliphatic heterocycles. The van der Waals surface area contributed by atoms with Gasteiger partial charge in [-0.1, -0.05) is 0 Å². The van der Waals surface area contributed by atoms with Gasteiger partial charge < -0.3 is 4.32 Å². The molecule has 0 aliphatic rings. The van der Waals surface area contributed by atoms with E-state index in [0.717, 1.165) is 41.0 Å². The zero-order valence-electron chi connectivity index (χ0n) is 39.9. The molecule has 4 rings (SSSR count). The Balaban J connectivity index is 0.000000912. The SMILES string of the molecule is CC(C)CNCC(O)[C@H](Cc1ccccc1)N=CB=O.CCC(O)[C@H](Cc1ccccc1)N=CB=O.O=BC=N[C@@H](Cc1ccccc1)C(O)C(=O)O.O=BC=N[C@@H](Cc1ccccc1)C(O)CO.[BH3-]F. The number of aliphatic imine (C=N–C) groups is 4. The molecule has 0 aromatic heterocycles. The van der Waals surface area contributed by atoms with Gasteiger partial charge in [0.15, 0.2) is 0 Å². The fourth-order valence-electron chi connectivity index (χ4n) is 6.33. The number of hydrogen-bond acceptors (Lipinski definition) is 15. The Morgan fingerprint density at radius 3 is 1.11 bits per heavy atom. The van der Waals surface area contributed by atoms with Gasteiger partial charge in [-0.2, -0.15) is 0 Å². The summed E-state index contributed by atoms with van der Waals surface area (Å²) in [6, 6.07) is 36.4. The first-order valence-electron chi connectivity index (χ1n) is 22.6. The minimum atomic E-state index is -1.62. The number of rotatable bonds is 27. The predicted octanol–water partition coefficient (Wildman–Crippen LogP) is 2.12. The second-order valence-electron chi connectivity index (χ2n) is 15.9. The Morgan fingerprint density at radius 2 is 0.831 bits per heavy atom. The van der Waals surface area contributed by atoms with Gasteiger partial charge in [0.05, 0.1) is 0 Å². The van der Waals surface area contributed by atoms with Crippen LogP contribution in [-0.2, 0) is 49.3 Å². The number of aliphatic hydroxyl groups excluding tert-OH is 5. The zero-order valence-corrected chi connectivity index (χ0v) is 39.9. The normalized spacial score (nSPS) is 14.1. The Labute approximate surface area is 420 Å². The van der Waals surface area contributed by atoms with Gasteiger partial charge in [0.2, 0.25) is 0 Å². The van der Waals surface area contributed by atoms with Gasteiger partial charge in [0.1, 0.15) is 8.12 Å². The van der Waals surface area contributed by atoms with Crippen molar-refractivity contribution in [2.75, 3.05) is 19.7 Å². The summed E-state index contributed by atoms with van der Waals surface area (Å²) in [6.07, 6.45) is 3.48. The predicted molar refractivity (Wildman–Crippen MR) is 283 cm³/mol. The summed E-state index contributed by atoms with van der Waals surface area (Å²) in [5.74, 6) is -0.817. The molecule has 0 fully saturated rings. The number of aliphatic carboxylic acids is 1. The van der Waals surface area contributed by atoms with E-state index in [-0.39, 0.29) is 25.1 Å². The van der Waals surface area contributed by atoms with Crippen LogP contribution in [0.1, 0.15) is 49.4 Å². The van der Waals surface area contributed by atoms with Crippen LogP contribution in [0.3, 0.4) is 0 Å². The zero-order chi connectivity index (χ0) is 53.1. The third kappa shape index (κ3) is 32.0. The van der Waals surface area contributed by atoms with E-state index in [2.05, 4.69) is 39.1 Å². The molecule has 7 N–H and O–H groups in total. The molecule has 22 heteroatoms. The maximum atomic E-state index is 10.7. The molecule has 0 bridgehead atoms. The first-order valence-corrected chi connectivity index (χ1v) is 22.6. The number of halogens is 1. The van der Waals surface area contributed by atoms with Gasteiger partial charge in [0.25, 0.3) is 0 Å². The van der Waals surface area contributed by atoms with Crippen molar-refractivity contribution in [3.8, 4) is 0 Å². The average molecular weight is 976 g/mol. The first kappa shape index (κ1) is 65.2. The minimum Gasteiger partial charge on any atom is -0.530 e. The number of hydrogen-bond donors (Lipinski definition) is 7. The summed E-state index contributed by atoms with van der Waals surface area (Å²) >= 11 is 0. The van der Waals surface area contributed by atoms with Crippen molar-refractivity contribution >= 4 is 67.1 Å². The molecule has 378 valence electrons. The number of aliphatic hydroxyl groups is 5. The van der Waals surface area contributed by atoms with E-state index in [0.29, 0.717) is 66.7 Å². The smallest absolute Gasteiger partial charge is 0.114 e. The quantitative estimate of drug-likeness (QED) is 0.0335. The summed E-state index contributed by atoms with van der Waals surface area (Å²) in [5, 5.41) is 59.8. The van der Waals surface area contributed by atoms with Gasteiger partial charge in [-0.05, 0) is 0 Å². The largest absolute Gasteiger partial charge is 0.530 e. The summed E-state index contributed by atoms with van der Waals surface area (Å²) in [5.41, 5.74) is 4.07. The van der Waals surface area contributed by atoms with E-state index in [1.54, 1.807) is 12.1 Å². The molecule has 0 spiro atoms. The van der Waals surface area contributed by atoms with E-state index >= 15 is 0 Å². The minimum absolute atomic E-state index is 0.238. The van der Waals surface area contributed by atoms with Crippen molar-refractivity contribution in [2.45, 2.75) is 101 Å². The molecule has 0 aliphatic carbocycles. The van der Waals surface area contributed by atoms with Crippen molar-refractivity contribution in [1.29, 1.82) is 0 Å². The molecule has 0 heterocycles. The van der Waals surface area contributed by atoms with Crippen molar-refractivity contribution in [2.24, 2.45) is 25.9 Å². The second-order valence-corrected chi connectivity index (χ2v) is 15.9.